The first-order chi connectivity index (χ1) is 6.83. The number of hydrogen-bond donors (Lipinski definition) is 0. The Morgan fingerprint density at radius 1 is 1.29 bits per heavy atom. The van der Waals surface area contributed by atoms with Crippen molar-refractivity contribution in [1.29, 1.82) is 0 Å². The molecule has 2 fully saturated rings. The Bertz CT molecular complexity index is 201. The first-order valence-electron chi connectivity index (χ1n) is 5.78. The molecular formula is C11H19NO2. The van der Waals surface area contributed by atoms with Crippen LogP contribution in [0.1, 0.15) is 45.4 Å². The van der Waals surface area contributed by atoms with Crippen molar-refractivity contribution in [2.24, 2.45) is 0 Å². The minimum Gasteiger partial charge on any atom is -0.449 e. The molecule has 0 N–H and O–H groups in total. The number of ether oxygens (including phenoxy) is 1. The SMILES string of the molecule is CCCOC(=O)N1C2CCCC1CC2. The highest BCUT2D eigenvalue weighted by molar-refractivity contribution is 5.69. The summed E-state index contributed by atoms with van der Waals surface area (Å²) in [4.78, 5) is 13.7. The summed E-state index contributed by atoms with van der Waals surface area (Å²) in [5.41, 5.74) is 0. The van der Waals surface area contributed by atoms with Gasteiger partial charge in [0.15, 0.2) is 0 Å². The highest BCUT2D eigenvalue weighted by atomic mass is 16.6. The van der Waals surface area contributed by atoms with E-state index in [1.165, 1.54) is 32.1 Å². The predicted molar refractivity (Wildman–Crippen MR) is 54.1 cm³/mol. The second-order valence-electron chi connectivity index (χ2n) is 4.34. The minimum absolute atomic E-state index is 0.0703. The lowest BCUT2D eigenvalue weighted by atomic mass is 10.0. The summed E-state index contributed by atoms with van der Waals surface area (Å²) in [6.45, 7) is 2.59. The maximum Gasteiger partial charge on any atom is 0.410 e. The van der Waals surface area contributed by atoms with Crippen LogP contribution in [0.4, 0.5) is 4.79 Å². The van der Waals surface area contributed by atoms with Crippen LogP contribution in [0, 0.1) is 0 Å². The van der Waals surface area contributed by atoms with E-state index in [0.29, 0.717) is 18.7 Å². The number of carbonyl (C=O) groups excluding carboxylic acids is 1. The zero-order chi connectivity index (χ0) is 9.97. The smallest absolute Gasteiger partial charge is 0.410 e. The fourth-order valence-electron chi connectivity index (χ4n) is 2.68. The number of nitrogens with zero attached hydrogens (tertiary/aromatic N) is 1. The second kappa shape index (κ2) is 4.20. The van der Waals surface area contributed by atoms with Gasteiger partial charge >= 0.3 is 6.09 Å². The van der Waals surface area contributed by atoms with Crippen molar-refractivity contribution in [3.05, 3.63) is 0 Å². The number of fused-ring (bicyclic) bond motifs is 2. The summed E-state index contributed by atoms with van der Waals surface area (Å²) in [5, 5.41) is 0. The number of hydrogen-bond acceptors (Lipinski definition) is 2. The van der Waals surface area contributed by atoms with Gasteiger partial charge in [0.05, 0.1) is 6.61 Å². The van der Waals surface area contributed by atoms with Crippen molar-refractivity contribution in [2.45, 2.75) is 57.5 Å². The molecule has 0 aromatic heterocycles. The lowest BCUT2D eigenvalue weighted by Gasteiger charge is -2.33. The van der Waals surface area contributed by atoms with Gasteiger partial charge in [-0.2, -0.15) is 0 Å². The van der Waals surface area contributed by atoms with E-state index in [1.807, 2.05) is 11.8 Å². The van der Waals surface area contributed by atoms with E-state index in [-0.39, 0.29) is 6.09 Å². The lowest BCUT2D eigenvalue weighted by Crippen LogP contribution is -2.44. The van der Waals surface area contributed by atoms with E-state index in [0.717, 1.165) is 6.42 Å². The van der Waals surface area contributed by atoms with Gasteiger partial charge in [0.25, 0.3) is 0 Å². The van der Waals surface area contributed by atoms with Crippen LogP contribution in [0.25, 0.3) is 0 Å². The third-order valence-electron chi connectivity index (χ3n) is 3.34. The standard InChI is InChI=1S/C11H19NO2/c1-2-8-14-11(13)12-9-4-3-5-10(12)7-6-9/h9-10H,2-8H2,1H3. The molecule has 3 heteroatoms. The van der Waals surface area contributed by atoms with E-state index in [4.69, 9.17) is 4.74 Å². The van der Waals surface area contributed by atoms with Crippen LogP contribution in [0.15, 0.2) is 0 Å². The molecule has 1 amide bonds. The van der Waals surface area contributed by atoms with Crippen LogP contribution in [0.5, 0.6) is 0 Å². The lowest BCUT2D eigenvalue weighted by molar-refractivity contribution is 0.0700. The van der Waals surface area contributed by atoms with E-state index in [1.54, 1.807) is 0 Å². The molecule has 14 heavy (non-hydrogen) atoms. The molecule has 0 aromatic carbocycles. The monoisotopic (exact) mass is 197 g/mol. The zero-order valence-corrected chi connectivity index (χ0v) is 8.87. The molecule has 0 spiro atoms. The number of piperidine rings is 1. The van der Waals surface area contributed by atoms with Crippen molar-refractivity contribution in [1.82, 2.24) is 4.90 Å². The van der Waals surface area contributed by atoms with Gasteiger partial charge in [-0.15, -0.1) is 0 Å². The van der Waals surface area contributed by atoms with Crippen molar-refractivity contribution in [3.63, 3.8) is 0 Å². The van der Waals surface area contributed by atoms with Gasteiger partial charge in [0.1, 0.15) is 0 Å². The molecule has 2 bridgehead atoms. The molecule has 0 saturated carbocycles. The second-order valence-corrected chi connectivity index (χ2v) is 4.34. The van der Waals surface area contributed by atoms with Gasteiger partial charge in [-0.05, 0) is 38.5 Å². The molecule has 0 aromatic rings. The maximum absolute atomic E-state index is 11.7. The third-order valence-corrected chi connectivity index (χ3v) is 3.34. The summed E-state index contributed by atoms with van der Waals surface area (Å²) < 4.78 is 5.20. The highest BCUT2D eigenvalue weighted by Gasteiger charge is 2.40. The molecule has 2 unspecified atom stereocenters. The van der Waals surface area contributed by atoms with Crippen molar-refractivity contribution in [2.75, 3.05) is 6.61 Å². The van der Waals surface area contributed by atoms with Crippen LogP contribution in [0.3, 0.4) is 0 Å². The summed E-state index contributed by atoms with van der Waals surface area (Å²) in [6.07, 6.45) is 6.86. The fourth-order valence-corrected chi connectivity index (χ4v) is 2.68. The Kier molecular flexibility index (Phi) is 2.94. The molecule has 2 saturated heterocycles. The Balaban J connectivity index is 1.93. The molecule has 2 aliphatic heterocycles. The molecule has 3 nitrogen and oxygen atoms in total. The van der Waals surface area contributed by atoms with Gasteiger partial charge in [0.2, 0.25) is 0 Å². The minimum atomic E-state index is -0.0703. The molecule has 0 radical (unpaired) electrons. The third kappa shape index (κ3) is 1.72. The van der Waals surface area contributed by atoms with Crippen molar-refractivity contribution < 1.29 is 9.53 Å². The van der Waals surface area contributed by atoms with Crippen LogP contribution in [-0.2, 0) is 4.74 Å². The summed E-state index contributed by atoms with van der Waals surface area (Å²) in [7, 11) is 0. The van der Waals surface area contributed by atoms with E-state index < -0.39 is 0 Å². The molecule has 2 rings (SSSR count). The normalized spacial score (nSPS) is 30.5. The predicted octanol–water partition coefficient (Wildman–Crippen LogP) is 2.55. The number of amides is 1. The van der Waals surface area contributed by atoms with E-state index in [9.17, 15) is 4.79 Å². The van der Waals surface area contributed by atoms with Crippen LogP contribution in [0.2, 0.25) is 0 Å². The Morgan fingerprint density at radius 3 is 2.50 bits per heavy atom. The molecule has 2 heterocycles. The van der Waals surface area contributed by atoms with Gasteiger partial charge < -0.3 is 9.64 Å². The average molecular weight is 197 g/mol. The van der Waals surface area contributed by atoms with Gasteiger partial charge in [0, 0.05) is 12.1 Å². The molecule has 0 aliphatic carbocycles. The molecule has 80 valence electrons. The first kappa shape index (κ1) is 9.81. The quantitative estimate of drug-likeness (QED) is 0.681. The van der Waals surface area contributed by atoms with Crippen LogP contribution in [-0.4, -0.2) is 29.7 Å². The Labute approximate surface area is 85.4 Å². The Hall–Kier alpha value is -0.730. The van der Waals surface area contributed by atoms with E-state index in [2.05, 4.69) is 0 Å². The maximum atomic E-state index is 11.7. The van der Waals surface area contributed by atoms with Gasteiger partial charge in [-0.3, -0.25) is 0 Å². The van der Waals surface area contributed by atoms with Crippen LogP contribution >= 0.6 is 0 Å². The largest absolute Gasteiger partial charge is 0.449 e. The molecule has 2 aliphatic rings. The first-order valence-corrected chi connectivity index (χ1v) is 5.78. The average Bonchev–Trinajstić information content (AvgIpc) is 2.45. The number of rotatable bonds is 2. The van der Waals surface area contributed by atoms with Crippen molar-refractivity contribution in [3.8, 4) is 0 Å². The van der Waals surface area contributed by atoms with E-state index >= 15 is 0 Å². The molecular weight excluding hydrogens is 178 g/mol. The topological polar surface area (TPSA) is 29.5 Å². The zero-order valence-electron chi connectivity index (χ0n) is 8.87. The Morgan fingerprint density at radius 2 is 1.93 bits per heavy atom. The van der Waals surface area contributed by atoms with Gasteiger partial charge in [-0.1, -0.05) is 6.92 Å². The number of carbonyl (C=O) groups is 1. The highest BCUT2D eigenvalue weighted by Crippen LogP contribution is 2.35. The van der Waals surface area contributed by atoms with Crippen molar-refractivity contribution >= 4 is 6.09 Å². The van der Waals surface area contributed by atoms with Gasteiger partial charge in [-0.25, -0.2) is 4.79 Å². The molecule has 2 atom stereocenters. The summed E-state index contributed by atoms with van der Waals surface area (Å²) >= 11 is 0. The fraction of sp³-hybridized carbons (Fsp3) is 0.909. The van der Waals surface area contributed by atoms with Crippen LogP contribution < -0.4 is 0 Å². The summed E-state index contributed by atoms with van der Waals surface area (Å²) in [5.74, 6) is 0. The summed E-state index contributed by atoms with van der Waals surface area (Å²) in [6, 6.07) is 0.969.